The highest BCUT2D eigenvalue weighted by Crippen LogP contribution is 2.30. The Labute approximate surface area is 128 Å². The fourth-order valence-corrected chi connectivity index (χ4v) is 7.60. The van der Waals surface area contributed by atoms with Crippen LogP contribution in [0.2, 0.25) is 0 Å². The fraction of sp³-hybridized carbons (Fsp3) is 0.538. The Hall–Kier alpha value is -0.400. The van der Waals surface area contributed by atoms with E-state index in [9.17, 15) is 16.8 Å². The van der Waals surface area contributed by atoms with Crippen LogP contribution in [0, 0.1) is 18.8 Å². The van der Waals surface area contributed by atoms with E-state index in [0.29, 0.717) is 5.33 Å². The smallest absolute Gasteiger partial charge is 0.178 e. The largest absolute Gasteiger partial charge is 0.229 e. The van der Waals surface area contributed by atoms with Crippen molar-refractivity contribution in [3.05, 3.63) is 29.8 Å². The van der Waals surface area contributed by atoms with Crippen molar-refractivity contribution in [3.63, 3.8) is 0 Å². The molecule has 0 unspecified atom stereocenters. The summed E-state index contributed by atoms with van der Waals surface area (Å²) < 4.78 is 48.0. The first-order valence-corrected chi connectivity index (χ1v) is 10.9. The van der Waals surface area contributed by atoms with Crippen LogP contribution in [0.5, 0.6) is 0 Å². The molecule has 1 aromatic carbocycles. The highest BCUT2D eigenvalue weighted by Gasteiger charge is 2.39. The number of halogens is 1. The van der Waals surface area contributed by atoms with Crippen molar-refractivity contribution in [2.75, 3.05) is 22.6 Å². The van der Waals surface area contributed by atoms with Crippen LogP contribution in [0.3, 0.4) is 0 Å². The molecule has 0 aliphatic carbocycles. The first-order chi connectivity index (χ1) is 9.23. The van der Waals surface area contributed by atoms with Crippen LogP contribution >= 0.6 is 15.9 Å². The van der Waals surface area contributed by atoms with Gasteiger partial charge in [0.05, 0.1) is 22.2 Å². The first-order valence-electron chi connectivity index (χ1n) is 6.29. The van der Waals surface area contributed by atoms with Crippen LogP contribution in [0.1, 0.15) is 5.56 Å². The van der Waals surface area contributed by atoms with E-state index in [1.807, 2.05) is 6.92 Å². The lowest BCUT2D eigenvalue weighted by atomic mass is 10.0. The van der Waals surface area contributed by atoms with Crippen molar-refractivity contribution in [3.8, 4) is 0 Å². The van der Waals surface area contributed by atoms with Gasteiger partial charge in [-0.15, -0.1) is 0 Å². The molecular formula is C13H17BrO4S2. The highest BCUT2D eigenvalue weighted by atomic mass is 79.9. The molecule has 0 amide bonds. The van der Waals surface area contributed by atoms with E-state index in [0.717, 1.165) is 5.56 Å². The van der Waals surface area contributed by atoms with E-state index < -0.39 is 19.7 Å². The Balaban J connectivity index is 2.22. The van der Waals surface area contributed by atoms with E-state index in [4.69, 9.17) is 0 Å². The average molecular weight is 381 g/mol. The number of rotatable bonds is 4. The molecule has 2 rings (SSSR count). The van der Waals surface area contributed by atoms with E-state index in [2.05, 4.69) is 15.9 Å². The Morgan fingerprint density at radius 2 is 1.70 bits per heavy atom. The first kappa shape index (κ1) is 16.0. The summed E-state index contributed by atoms with van der Waals surface area (Å²) in [6.45, 7) is 1.89. The molecule has 0 aromatic heterocycles. The van der Waals surface area contributed by atoms with Crippen LogP contribution in [-0.2, 0) is 19.7 Å². The lowest BCUT2D eigenvalue weighted by Crippen LogP contribution is -2.23. The molecular weight excluding hydrogens is 364 g/mol. The topological polar surface area (TPSA) is 68.3 Å². The third-order valence-electron chi connectivity index (χ3n) is 3.61. The van der Waals surface area contributed by atoms with Gasteiger partial charge in [0.15, 0.2) is 19.7 Å². The molecule has 1 aromatic rings. The van der Waals surface area contributed by atoms with Crippen molar-refractivity contribution >= 4 is 35.6 Å². The summed E-state index contributed by atoms with van der Waals surface area (Å²) in [6.07, 6.45) is 0. The molecule has 0 radical (unpaired) electrons. The predicted octanol–water partition coefficient (Wildman–Crippen LogP) is 1.82. The van der Waals surface area contributed by atoms with Gasteiger partial charge in [0, 0.05) is 5.33 Å². The van der Waals surface area contributed by atoms with Gasteiger partial charge in [-0.2, -0.15) is 0 Å². The second-order valence-electron chi connectivity index (χ2n) is 5.35. The zero-order valence-electron chi connectivity index (χ0n) is 11.1. The molecule has 1 aliphatic heterocycles. The minimum absolute atomic E-state index is 0.0334. The van der Waals surface area contributed by atoms with Crippen LogP contribution in [0.15, 0.2) is 29.2 Å². The third kappa shape index (κ3) is 3.62. The van der Waals surface area contributed by atoms with Gasteiger partial charge in [-0.05, 0) is 30.9 Å². The Kier molecular flexibility index (Phi) is 4.61. The summed E-state index contributed by atoms with van der Waals surface area (Å²) in [5.74, 6) is -0.516. The molecule has 0 saturated carbocycles. The molecule has 1 fully saturated rings. The predicted molar refractivity (Wildman–Crippen MR) is 82.7 cm³/mol. The minimum Gasteiger partial charge on any atom is -0.229 e. The van der Waals surface area contributed by atoms with Gasteiger partial charge in [-0.1, -0.05) is 33.6 Å². The number of alkyl halides is 1. The molecule has 4 nitrogen and oxygen atoms in total. The van der Waals surface area contributed by atoms with Crippen molar-refractivity contribution in [1.29, 1.82) is 0 Å². The summed E-state index contributed by atoms with van der Waals surface area (Å²) in [5.41, 5.74) is 0.991. The van der Waals surface area contributed by atoms with Crippen LogP contribution in [0.4, 0.5) is 0 Å². The Bertz CT molecular complexity index is 678. The molecule has 7 heteroatoms. The van der Waals surface area contributed by atoms with Gasteiger partial charge in [0.1, 0.15) is 0 Å². The fourth-order valence-electron chi connectivity index (χ4n) is 2.47. The number of aryl methyl sites for hydroxylation is 1. The maximum Gasteiger partial charge on any atom is 0.178 e. The standard InChI is InChI=1S/C13H17BrO4S2/c1-10-2-4-13(5-3-10)20(17,18)9-12-8-19(15,16)7-11(12)6-14/h2-5,11-12H,6-9H2,1H3/t11-,12+/m0/s1. The third-order valence-corrected chi connectivity index (χ3v) is 8.18. The second-order valence-corrected chi connectivity index (χ2v) is 10.2. The number of hydrogen-bond donors (Lipinski definition) is 0. The van der Waals surface area contributed by atoms with E-state index >= 15 is 0 Å². The second kappa shape index (κ2) is 5.77. The van der Waals surface area contributed by atoms with Gasteiger partial charge < -0.3 is 0 Å². The molecule has 112 valence electrons. The van der Waals surface area contributed by atoms with Crippen molar-refractivity contribution in [2.45, 2.75) is 11.8 Å². The molecule has 20 heavy (non-hydrogen) atoms. The molecule has 1 heterocycles. The van der Waals surface area contributed by atoms with Gasteiger partial charge in [0.25, 0.3) is 0 Å². The maximum atomic E-state index is 12.4. The summed E-state index contributed by atoms with van der Waals surface area (Å²) in [6, 6.07) is 6.66. The normalized spacial score (nSPS) is 25.7. The van der Waals surface area contributed by atoms with Crippen LogP contribution in [-0.4, -0.2) is 39.4 Å². The summed E-state index contributed by atoms with van der Waals surface area (Å²) in [5, 5.41) is 0.514. The molecule has 0 bridgehead atoms. The zero-order valence-corrected chi connectivity index (χ0v) is 14.3. The number of sulfone groups is 2. The van der Waals surface area contributed by atoms with Gasteiger partial charge in [0.2, 0.25) is 0 Å². The highest BCUT2D eigenvalue weighted by molar-refractivity contribution is 9.09. The van der Waals surface area contributed by atoms with Crippen molar-refractivity contribution < 1.29 is 16.8 Å². The summed E-state index contributed by atoms with van der Waals surface area (Å²) in [4.78, 5) is 0.265. The average Bonchev–Trinajstić information content (AvgIpc) is 2.63. The number of benzene rings is 1. The lowest BCUT2D eigenvalue weighted by Gasteiger charge is -2.15. The van der Waals surface area contributed by atoms with Gasteiger partial charge >= 0.3 is 0 Å². The summed E-state index contributed by atoms with van der Waals surface area (Å²) >= 11 is 3.28. The molecule has 2 atom stereocenters. The van der Waals surface area contributed by atoms with Crippen molar-refractivity contribution in [2.24, 2.45) is 11.8 Å². The van der Waals surface area contributed by atoms with E-state index in [1.165, 1.54) is 0 Å². The van der Waals surface area contributed by atoms with Gasteiger partial charge in [-0.3, -0.25) is 0 Å². The summed E-state index contributed by atoms with van der Waals surface area (Å²) in [7, 11) is -6.55. The lowest BCUT2D eigenvalue weighted by molar-refractivity contribution is 0.494. The quantitative estimate of drug-likeness (QED) is 0.747. The Morgan fingerprint density at radius 1 is 1.15 bits per heavy atom. The van der Waals surface area contributed by atoms with E-state index in [-0.39, 0.29) is 34.0 Å². The minimum atomic E-state index is -3.44. The van der Waals surface area contributed by atoms with Crippen molar-refractivity contribution in [1.82, 2.24) is 0 Å². The zero-order chi connectivity index (χ0) is 15.0. The molecule has 0 spiro atoms. The van der Waals surface area contributed by atoms with Gasteiger partial charge in [-0.25, -0.2) is 16.8 Å². The maximum absolute atomic E-state index is 12.4. The molecule has 1 saturated heterocycles. The van der Waals surface area contributed by atoms with Crippen LogP contribution in [0.25, 0.3) is 0 Å². The monoisotopic (exact) mass is 380 g/mol. The van der Waals surface area contributed by atoms with E-state index in [1.54, 1.807) is 24.3 Å². The Morgan fingerprint density at radius 3 is 2.25 bits per heavy atom. The SMILES string of the molecule is Cc1ccc(S(=O)(=O)C[C@H]2CS(=O)(=O)C[C@@H]2CBr)cc1. The van der Waals surface area contributed by atoms with Crippen LogP contribution < -0.4 is 0 Å². The molecule has 1 aliphatic rings. The molecule has 0 N–H and O–H groups in total. The number of hydrogen-bond acceptors (Lipinski definition) is 4.